The number of rotatable bonds is 4. The van der Waals surface area contributed by atoms with Gasteiger partial charge in [-0.25, -0.2) is 9.97 Å². The Hall–Kier alpha value is -3.46. The van der Waals surface area contributed by atoms with Crippen LogP contribution in [0.4, 0.5) is 11.5 Å². The third-order valence-corrected chi connectivity index (χ3v) is 6.36. The minimum Gasteiger partial charge on any atom is -0.421 e. The monoisotopic (exact) mass is 402 g/mol. The second-order valence-electron chi connectivity index (χ2n) is 8.18. The minimum atomic E-state index is 0.160. The molecule has 1 aliphatic carbocycles. The molecule has 152 valence electrons. The lowest BCUT2D eigenvalue weighted by molar-refractivity contribution is 0.439. The maximum absolute atomic E-state index is 6.49. The van der Waals surface area contributed by atoms with Crippen molar-refractivity contribution in [3.8, 4) is 11.8 Å². The molecule has 0 bridgehead atoms. The van der Waals surface area contributed by atoms with Crippen molar-refractivity contribution in [2.24, 2.45) is 11.1 Å². The number of fused-ring (bicyclic) bond motifs is 3. The smallest absolute Gasteiger partial charge is 0.326 e. The molecule has 0 amide bonds. The summed E-state index contributed by atoms with van der Waals surface area (Å²) in [5, 5.41) is 5.31. The molecular formula is C21H22N8O. The number of aromatic amines is 1. The second-order valence-corrected chi connectivity index (χ2v) is 8.18. The first kappa shape index (κ1) is 17.4. The Morgan fingerprint density at radius 1 is 1.23 bits per heavy atom. The number of para-hydroxylation sites is 1. The zero-order valence-corrected chi connectivity index (χ0v) is 16.6. The van der Waals surface area contributed by atoms with Gasteiger partial charge in [0.15, 0.2) is 5.75 Å². The number of ether oxygens (including phenoxy) is 1. The van der Waals surface area contributed by atoms with E-state index in [2.05, 4.69) is 36.2 Å². The van der Waals surface area contributed by atoms with E-state index in [4.69, 9.17) is 15.5 Å². The number of nitrogens with zero attached hydrogens (tertiary/aromatic N) is 5. The first-order valence-corrected chi connectivity index (χ1v) is 10.1. The number of hydrogen-bond acceptors (Lipinski definition) is 8. The molecule has 4 heterocycles. The predicted molar refractivity (Wildman–Crippen MR) is 115 cm³/mol. The van der Waals surface area contributed by atoms with Gasteiger partial charge >= 0.3 is 6.01 Å². The lowest BCUT2D eigenvalue weighted by atomic mass is 10.0. The number of anilines is 2. The van der Waals surface area contributed by atoms with Gasteiger partial charge in [0.1, 0.15) is 17.8 Å². The van der Waals surface area contributed by atoms with Crippen LogP contribution in [0.5, 0.6) is 11.8 Å². The lowest BCUT2D eigenvalue weighted by Crippen LogP contribution is -2.30. The molecule has 6 rings (SSSR count). The van der Waals surface area contributed by atoms with Crippen LogP contribution in [0.25, 0.3) is 21.9 Å². The molecule has 9 heteroatoms. The molecule has 4 N–H and O–H groups in total. The molecule has 0 radical (unpaired) electrons. The van der Waals surface area contributed by atoms with E-state index in [1.54, 1.807) is 12.4 Å². The SMILES string of the molecule is CNc1cccc2c1[nH]c1nc(Oc3cncnc3)nc(N3C[C@H](N)C4(CC4)C3)c12. The van der Waals surface area contributed by atoms with Gasteiger partial charge in [0, 0.05) is 37.0 Å². The number of H-pyrrole nitrogens is 1. The normalized spacial score (nSPS) is 19.7. The number of nitrogens with one attached hydrogen (secondary N) is 2. The maximum atomic E-state index is 6.49. The van der Waals surface area contributed by atoms with Crippen molar-refractivity contribution in [1.82, 2.24) is 24.9 Å². The second kappa shape index (κ2) is 6.27. The number of aromatic nitrogens is 5. The van der Waals surface area contributed by atoms with E-state index >= 15 is 0 Å². The number of hydrogen-bond donors (Lipinski definition) is 3. The molecule has 1 aliphatic heterocycles. The van der Waals surface area contributed by atoms with Crippen LogP contribution in [0.2, 0.25) is 0 Å². The molecule has 3 aromatic heterocycles. The average molecular weight is 402 g/mol. The van der Waals surface area contributed by atoms with E-state index in [9.17, 15) is 0 Å². The summed E-state index contributed by atoms with van der Waals surface area (Å²) in [7, 11) is 1.91. The van der Waals surface area contributed by atoms with Gasteiger partial charge in [0.05, 0.1) is 29.0 Å². The summed E-state index contributed by atoms with van der Waals surface area (Å²) < 4.78 is 5.89. The molecule has 1 saturated carbocycles. The van der Waals surface area contributed by atoms with Crippen molar-refractivity contribution in [3.05, 3.63) is 36.9 Å². The molecule has 0 unspecified atom stereocenters. The average Bonchev–Trinajstić information content (AvgIpc) is 3.34. The van der Waals surface area contributed by atoms with E-state index in [-0.39, 0.29) is 17.5 Å². The van der Waals surface area contributed by atoms with E-state index in [1.807, 2.05) is 19.2 Å². The van der Waals surface area contributed by atoms with Gasteiger partial charge in [-0.2, -0.15) is 9.97 Å². The molecule has 9 nitrogen and oxygen atoms in total. The van der Waals surface area contributed by atoms with Crippen molar-refractivity contribution in [2.45, 2.75) is 18.9 Å². The largest absolute Gasteiger partial charge is 0.421 e. The summed E-state index contributed by atoms with van der Waals surface area (Å²) in [4.78, 5) is 23.2. The molecule has 4 aromatic rings. The highest BCUT2D eigenvalue weighted by molar-refractivity contribution is 6.14. The Balaban J connectivity index is 1.55. The zero-order chi connectivity index (χ0) is 20.3. The van der Waals surface area contributed by atoms with Crippen LogP contribution in [0.15, 0.2) is 36.9 Å². The Morgan fingerprint density at radius 3 is 2.80 bits per heavy atom. The highest BCUT2D eigenvalue weighted by atomic mass is 16.5. The molecule has 30 heavy (non-hydrogen) atoms. The third kappa shape index (κ3) is 2.58. The summed E-state index contributed by atoms with van der Waals surface area (Å²) in [6.45, 7) is 1.69. The van der Waals surface area contributed by atoms with Crippen LogP contribution in [0.3, 0.4) is 0 Å². The first-order valence-electron chi connectivity index (χ1n) is 10.1. The third-order valence-electron chi connectivity index (χ3n) is 6.36. The van der Waals surface area contributed by atoms with Crippen molar-refractivity contribution in [2.75, 3.05) is 30.4 Å². The Labute approximate surface area is 172 Å². The fourth-order valence-electron chi connectivity index (χ4n) is 4.55. The molecule has 2 fully saturated rings. The van der Waals surface area contributed by atoms with Crippen LogP contribution < -0.4 is 20.7 Å². The van der Waals surface area contributed by atoms with Crippen LogP contribution in [0, 0.1) is 5.41 Å². The quantitative estimate of drug-likeness (QED) is 0.477. The fourth-order valence-corrected chi connectivity index (χ4v) is 4.55. The number of nitrogens with two attached hydrogens (primary N) is 1. The Morgan fingerprint density at radius 2 is 2.07 bits per heavy atom. The van der Waals surface area contributed by atoms with E-state index in [1.165, 1.54) is 19.2 Å². The van der Waals surface area contributed by atoms with E-state index < -0.39 is 0 Å². The molecule has 1 aromatic carbocycles. The van der Waals surface area contributed by atoms with Crippen molar-refractivity contribution < 1.29 is 4.74 Å². The highest BCUT2D eigenvalue weighted by Gasteiger charge is 2.54. The number of benzene rings is 1. The van der Waals surface area contributed by atoms with E-state index in [0.29, 0.717) is 5.75 Å². The topological polar surface area (TPSA) is 118 Å². The van der Waals surface area contributed by atoms with Crippen LogP contribution in [-0.4, -0.2) is 51.1 Å². The van der Waals surface area contributed by atoms with Crippen molar-refractivity contribution in [3.63, 3.8) is 0 Å². The fraction of sp³-hybridized carbons (Fsp3) is 0.333. The molecular weight excluding hydrogens is 380 g/mol. The minimum absolute atomic E-state index is 0.160. The summed E-state index contributed by atoms with van der Waals surface area (Å²) in [6.07, 6.45) is 7.01. The summed E-state index contributed by atoms with van der Waals surface area (Å²) in [5.41, 5.74) is 9.46. The lowest BCUT2D eigenvalue weighted by Gasteiger charge is -2.19. The Bertz CT molecular complexity index is 1250. The van der Waals surface area contributed by atoms with Gasteiger partial charge in [-0.1, -0.05) is 12.1 Å². The predicted octanol–water partition coefficient (Wildman–Crippen LogP) is 2.66. The van der Waals surface area contributed by atoms with Crippen LogP contribution in [-0.2, 0) is 0 Å². The zero-order valence-electron chi connectivity index (χ0n) is 16.6. The van der Waals surface area contributed by atoms with Crippen molar-refractivity contribution >= 4 is 33.4 Å². The van der Waals surface area contributed by atoms with Gasteiger partial charge in [-0.3, -0.25) is 0 Å². The highest BCUT2D eigenvalue weighted by Crippen LogP contribution is 2.53. The van der Waals surface area contributed by atoms with Gasteiger partial charge in [-0.15, -0.1) is 0 Å². The molecule has 2 aliphatic rings. The summed E-state index contributed by atoms with van der Waals surface area (Å²) in [6, 6.07) is 6.59. The Kier molecular flexibility index (Phi) is 3.64. The summed E-state index contributed by atoms with van der Waals surface area (Å²) >= 11 is 0. The standard InChI is InChI=1S/C21H22N8O/c1-23-14-4-2-3-13-16-18(26-17(13)14)27-20(30-12-7-24-11-25-8-12)28-19(16)29-9-15(22)21(10-29)5-6-21/h2-4,7-8,11,15,23H,5-6,9-10,22H2,1H3,(H,26,27,28)/t15-/m0/s1. The van der Waals surface area contributed by atoms with Crippen molar-refractivity contribution in [1.29, 1.82) is 0 Å². The first-order chi connectivity index (χ1) is 14.7. The molecule has 1 spiro atoms. The maximum Gasteiger partial charge on any atom is 0.326 e. The summed E-state index contributed by atoms with van der Waals surface area (Å²) in [5.74, 6) is 1.34. The van der Waals surface area contributed by atoms with E-state index in [0.717, 1.165) is 46.5 Å². The van der Waals surface area contributed by atoms with Gasteiger partial charge in [-0.05, 0) is 18.9 Å². The van der Waals surface area contributed by atoms with Gasteiger partial charge in [0.25, 0.3) is 0 Å². The molecule has 1 saturated heterocycles. The van der Waals surface area contributed by atoms with Gasteiger partial charge < -0.3 is 25.7 Å². The molecule has 1 atom stereocenters. The van der Waals surface area contributed by atoms with Gasteiger partial charge in [0.2, 0.25) is 0 Å². The van der Waals surface area contributed by atoms with Crippen LogP contribution in [0.1, 0.15) is 12.8 Å². The van der Waals surface area contributed by atoms with Crippen LogP contribution >= 0.6 is 0 Å².